The molecule has 1 nitrogen and oxygen atoms in total. The highest BCUT2D eigenvalue weighted by atomic mass is 79.9. The quantitative estimate of drug-likeness (QED) is 0.318. The summed E-state index contributed by atoms with van der Waals surface area (Å²) in [7, 11) is 0. The van der Waals surface area contributed by atoms with E-state index in [1.165, 1.54) is 57.8 Å². The Morgan fingerprint density at radius 3 is 2.27 bits per heavy atom. The van der Waals surface area contributed by atoms with E-state index in [1.807, 2.05) is 0 Å². The first kappa shape index (κ1) is 23.8. The van der Waals surface area contributed by atoms with Gasteiger partial charge < -0.3 is 0 Å². The standard InChI is InChI=1S/C27H44Br2O/c1-16(2)7-6-8-17(3)19-11-12-20-18-9-10-22-24(29)25(30)23(28)15-27(22,5)21(18)13-14-26(19,20)4/h16-24H,6-15H2,1-5H3/t17-,18+,19-,20+,21+,22+,23?,24?,26-,27-/m1/s1. The van der Waals surface area contributed by atoms with Gasteiger partial charge in [0.15, 0.2) is 5.78 Å². The van der Waals surface area contributed by atoms with E-state index in [2.05, 4.69) is 66.5 Å². The number of hydrogen-bond donors (Lipinski definition) is 0. The Labute approximate surface area is 202 Å². The maximum atomic E-state index is 12.7. The molecule has 0 spiro atoms. The van der Waals surface area contributed by atoms with Gasteiger partial charge in [-0.05, 0) is 97.2 Å². The van der Waals surface area contributed by atoms with Crippen molar-refractivity contribution in [2.45, 2.75) is 108 Å². The summed E-state index contributed by atoms with van der Waals surface area (Å²) in [4.78, 5) is 12.8. The highest BCUT2D eigenvalue weighted by Gasteiger charge is 2.62. The second-order valence-corrected chi connectivity index (χ2v) is 14.7. The zero-order chi connectivity index (χ0) is 21.8. The van der Waals surface area contributed by atoms with Crippen LogP contribution in [0.2, 0.25) is 0 Å². The predicted molar refractivity (Wildman–Crippen MR) is 134 cm³/mol. The molecule has 4 aliphatic carbocycles. The average molecular weight is 544 g/mol. The minimum Gasteiger partial charge on any atom is -0.297 e. The second-order valence-electron chi connectivity index (χ2n) is 12.6. The summed E-state index contributed by atoms with van der Waals surface area (Å²) in [6.07, 6.45) is 13.6. The molecule has 2 unspecified atom stereocenters. The van der Waals surface area contributed by atoms with Crippen molar-refractivity contribution >= 4 is 37.6 Å². The zero-order valence-corrected chi connectivity index (χ0v) is 23.1. The number of rotatable bonds is 5. The Hall–Kier alpha value is 0.630. The molecule has 0 N–H and O–H groups in total. The molecule has 0 amide bonds. The Morgan fingerprint density at radius 1 is 0.900 bits per heavy atom. The third-order valence-corrected chi connectivity index (χ3v) is 12.6. The molecular formula is C27H44Br2O. The van der Waals surface area contributed by atoms with Gasteiger partial charge in [0, 0.05) is 0 Å². The molecule has 3 heteroatoms. The SMILES string of the molecule is CC(C)CCC[C@@H](C)[C@H]1CC[C@H]2[C@@H]3CC[C@H]4C(Br)C(=O)C(Br)C[C@]4(C)[C@H]3CC[C@]12C. The number of hydrogen-bond acceptors (Lipinski definition) is 1. The molecular weight excluding hydrogens is 500 g/mol. The summed E-state index contributed by atoms with van der Waals surface area (Å²) in [5.74, 6) is 6.23. The lowest BCUT2D eigenvalue weighted by Crippen LogP contribution is -2.58. The lowest BCUT2D eigenvalue weighted by atomic mass is 9.44. The van der Waals surface area contributed by atoms with Crippen LogP contribution in [0.1, 0.15) is 98.8 Å². The van der Waals surface area contributed by atoms with Crippen molar-refractivity contribution in [3.05, 3.63) is 0 Å². The Bertz CT molecular complexity index is 647. The van der Waals surface area contributed by atoms with E-state index in [0.29, 0.717) is 22.5 Å². The number of carbonyl (C=O) groups excluding carboxylic acids is 1. The Morgan fingerprint density at radius 2 is 1.57 bits per heavy atom. The smallest absolute Gasteiger partial charge is 0.160 e. The van der Waals surface area contributed by atoms with Crippen LogP contribution in [-0.4, -0.2) is 15.4 Å². The largest absolute Gasteiger partial charge is 0.297 e. The first-order valence-electron chi connectivity index (χ1n) is 12.9. The molecule has 0 saturated heterocycles. The van der Waals surface area contributed by atoms with Crippen LogP contribution >= 0.6 is 31.9 Å². The number of alkyl halides is 2. The normalized spacial score (nSPS) is 49.5. The van der Waals surface area contributed by atoms with Gasteiger partial charge in [0.2, 0.25) is 0 Å². The molecule has 0 aromatic rings. The molecule has 0 aliphatic heterocycles. The molecule has 4 aliphatic rings. The van der Waals surface area contributed by atoms with E-state index in [9.17, 15) is 4.79 Å². The third kappa shape index (κ3) is 3.82. The minimum absolute atomic E-state index is 0.0486. The summed E-state index contributed by atoms with van der Waals surface area (Å²) < 4.78 is 0. The van der Waals surface area contributed by atoms with Crippen LogP contribution in [0.5, 0.6) is 0 Å². The second kappa shape index (κ2) is 8.77. The Balaban J connectivity index is 1.50. The monoisotopic (exact) mass is 542 g/mol. The fourth-order valence-electron chi connectivity index (χ4n) is 9.15. The summed E-state index contributed by atoms with van der Waals surface area (Å²) in [6, 6.07) is 0. The molecule has 4 fully saturated rings. The van der Waals surface area contributed by atoms with Crippen LogP contribution in [0, 0.1) is 52.3 Å². The summed E-state index contributed by atoms with van der Waals surface area (Å²) >= 11 is 7.60. The molecule has 0 heterocycles. The van der Waals surface area contributed by atoms with Crippen LogP contribution in [-0.2, 0) is 4.79 Å². The van der Waals surface area contributed by atoms with Gasteiger partial charge in [-0.1, -0.05) is 85.7 Å². The lowest BCUT2D eigenvalue weighted by Gasteiger charge is -2.61. The summed E-state index contributed by atoms with van der Waals surface area (Å²) in [6.45, 7) is 12.5. The van der Waals surface area contributed by atoms with E-state index < -0.39 is 0 Å². The molecule has 0 bridgehead atoms. The number of ketones is 1. The van der Waals surface area contributed by atoms with Crippen LogP contribution in [0.15, 0.2) is 0 Å². The highest BCUT2D eigenvalue weighted by molar-refractivity contribution is 9.10. The topological polar surface area (TPSA) is 17.1 Å². The van der Waals surface area contributed by atoms with Gasteiger partial charge in [-0.2, -0.15) is 0 Å². The number of fused-ring (bicyclic) bond motifs is 5. The average Bonchev–Trinajstić information content (AvgIpc) is 3.03. The van der Waals surface area contributed by atoms with E-state index >= 15 is 0 Å². The lowest BCUT2D eigenvalue weighted by molar-refractivity contribution is -0.137. The zero-order valence-electron chi connectivity index (χ0n) is 19.9. The first-order chi connectivity index (χ1) is 14.1. The molecule has 0 aromatic heterocycles. The van der Waals surface area contributed by atoms with Crippen LogP contribution in [0.4, 0.5) is 0 Å². The maximum absolute atomic E-state index is 12.7. The fraction of sp³-hybridized carbons (Fsp3) is 0.963. The number of halogens is 2. The van der Waals surface area contributed by atoms with Gasteiger partial charge >= 0.3 is 0 Å². The molecule has 0 aromatic carbocycles. The maximum Gasteiger partial charge on any atom is 0.160 e. The van der Waals surface area contributed by atoms with Gasteiger partial charge in [0.05, 0.1) is 9.65 Å². The predicted octanol–water partition coefficient (Wildman–Crippen LogP) is 8.42. The Kier molecular flexibility index (Phi) is 6.95. The number of Topliss-reactive ketones (excluding diaryl/α,β-unsaturated/α-hetero) is 1. The molecule has 4 rings (SSSR count). The van der Waals surface area contributed by atoms with E-state index in [1.54, 1.807) is 0 Å². The number of carbonyl (C=O) groups is 1. The van der Waals surface area contributed by atoms with Crippen molar-refractivity contribution in [3.8, 4) is 0 Å². The molecule has 0 radical (unpaired) electrons. The van der Waals surface area contributed by atoms with Crippen molar-refractivity contribution < 1.29 is 4.79 Å². The van der Waals surface area contributed by atoms with Crippen molar-refractivity contribution in [2.24, 2.45) is 52.3 Å². The third-order valence-electron chi connectivity index (χ3n) is 10.7. The van der Waals surface area contributed by atoms with Crippen molar-refractivity contribution in [1.29, 1.82) is 0 Å². The van der Waals surface area contributed by atoms with Crippen LogP contribution in [0.3, 0.4) is 0 Å². The van der Waals surface area contributed by atoms with Crippen molar-refractivity contribution in [1.82, 2.24) is 0 Å². The fourth-order valence-corrected chi connectivity index (χ4v) is 11.7. The minimum atomic E-state index is 0.0486. The van der Waals surface area contributed by atoms with Crippen LogP contribution < -0.4 is 0 Å². The summed E-state index contributed by atoms with van der Waals surface area (Å²) in [5, 5.41) is 0. The van der Waals surface area contributed by atoms with Crippen molar-refractivity contribution in [2.75, 3.05) is 0 Å². The molecule has 172 valence electrons. The molecule has 30 heavy (non-hydrogen) atoms. The van der Waals surface area contributed by atoms with E-state index in [4.69, 9.17) is 0 Å². The van der Waals surface area contributed by atoms with Gasteiger partial charge in [-0.25, -0.2) is 0 Å². The van der Waals surface area contributed by atoms with Gasteiger partial charge in [0.1, 0.15) is 0 Å². The van der Waals surface area contributed by atoms with Crippen LogP contribution in [0.25, 0.3) is 0 Å². The van der Waals surface area contributed by atoms with E-state index in [-0.39, 0.29) is 9.65 Å². The summed E-state index contributed by atoms with van der Waals surface area (Å²) in [5.41, 5.74) is 0.884. The molecule has 10 atom stereocenters. The van der Waals surface area contributed by atoms with Gasteiger partial charge in [0.25, 0.3) is 0 Å². The van der Waals surface area contributed by atoms with E-state index in [0.717, 1.165) is 41.9 Å². The molecule has 4 saturated carbocycles. The van der Waals surface area contributed by atoms with Crippen molar-refractivity contribution in [3.63, 3.8) is 0 Å². The first-order valence-corrected chi connectivity index (χ1v) is 14.7. The van der Waals surface area contributed by atoms with Gasteiger partial charge in [-0.3, -0.25) is 4.79 Å². The highest BCUT2D eigenvalue weighted by Crippen LogP contribution is 2.68. The van der Waals surface area contributed by atoms with Gasteiger partial charge in [-0.15, -0.1) is 0 Å².